The number of rotatable bonds is 4. The summed E-state index contributed by atoms with van der Waals surface area (Å²) in [5.74, 6) is 0.737. The van der Waals surface area contributed by atoms with E-state index < -0.39 is 5.60 Å². The summed E-state index contributed by atoms with van der Waals surface area (Å²) in [7, 11) is 1.91. The molecule has 1 aromatic heterocycles. The first kappa shape index (κ1) is 13.8. The molecule has 18 heavy (non-hydrogen) atoms. The Labute approximate surface area is 116 Å². The van der Waals surface area contributed by atoms with E-state index >= 15 is 0 Å². The third-order valence-electron chi connectivity index (χ3n) is 3.51. The maximum absolute atomic E-state index is 10.4. The van der Waals surface area contributed by atoms with Gasteiger partial charge in [-0.3, -0.25) is 0 Å². The van der Waals surface area contributed by atoms with Gasteiger partial charge in [0.2, 0.25) is 0 Å². The number of pyridine rings is 1. The fourth-order valence-corrected chi connectivity index (χ4v) is 3.02. The van der Waals surface area contributed by atoms with E-state index in [1.54, 1.807) is 6.20 Å². The van der Waals surface area contributed by atoms with Gasteiger partial charge in [-0.25, -0.2) is 4.98 Å². The molecule has 2 N–H and O–H groups in total. The molecule has 0 amide bonds. The summed E-state index contributed by atoms with van der Waals surface area (Å²) in [6.07, 6.45) is 5.59. The minimum atomic E-state index is -0.601. The standard InChI is InChI=1S/C13H19BrN2O2/c1-16(9-13(18)4-2-3-5-13)12-10(8-17)6-11(14)7-15-12/h6-7,17-18H,2-5,8-9H2,1H3. The molecule has 0 unspecified atom stereocenters. The summed E-state index contributed by atoms with van der Waals surface area (Å²) in [6.45, 7) is 0.513. The Morgan fingerprint density at radius 3 is 2.72 bits per heavy atom. The lowest BCUT2D eigenvalue weighted by molar-refractivity contribution is 0.0557. The minimum Gasteiger partial charge on any atom is -0.392 e. The molecule has 0 spiro atoms. The van der Waals surface area contributed by atoms with E-state index in [0.29, 0.717) is 6.54 Å². The lowest BCUT2D eigenvalue weighted by Crippen LogP contribution is -2.39. The van der Waals surface area contributed by atoms with Crippen LogP contribution in [0.3, 0.4) is 0 Å². The number of hydrogen-bond acceptors (Lipinski definition) is 4. The molecule has 0 aromatic carbocycles. The van der Waals surface area contributed by atoms with Crippen LogP contribution in [-0.2, 0) is 6.61 Å². The van der Waals surface area contributed by atoms with E-state index in [4.69, 9.17) is 0 Å². The SMILES string of the molecule is CN(CC1(O)CCCC1)c1ncc(Br)cc1CO. The number of anilines is 1. The largest absolute Gasteiger partial charge is 0.392 e. The number of halogens is 1. The van der Waals surface area contributed by atoms with Crippen molar-refractivity contribution in [1.29, 1.82) is 0 Å². The van der Waals surface area contributed by atoms with Crippen molar-refractivity contribution < 1.29 is 10.2 Å². The highest BCUT2D eigenvalue weighted by Crippen LogP contribution is 2.31. The Morgan fingerprint density at radius 2 is 2.11 bits per heavy atom. The summed E-state index contributed by atoms with van der Waals surface area (Å²) in [5.41, 5.74) is 0.171. The molecule has 0 aliphatic heterocycles. The molecule has 0 bridgehead atoms. The Bertz CT molecular complexity index is 419. The molecule has 0 saturated heterocycles. The van der Waals surface area contributed by atoms with Crippen molar-refractivity contribution in [2.45, 2.75) is 37.9 Å². The zero-order chi connectivity index (χ0) is 13.2. The summed E-state index contributed by atoms with van der Waals surface area (Å²) in [4.78, 5) is 6.26. The van der Waals surface area contributed by atoms with E-state index in [0.717, 1.165) is 41.5 Å². The molecule has 4 nitrogen and oxygen atoms in total. The van der Waals surface area contributed by atoms with Gasteiger partial charge in [-0.1, -0.05) is 12.8 Å². The quantitative estimate of drug-likeness (QED) is 0.893. The predicted molar refractivity (Wildman–Crippen MR) is 74.5 cm³/mol. The molecule has 1 fully saturated rings. The molecule has 0 atom stereocenters. The molecule has 5 heteroatoms. The third kappa shape index (κ3) is 3.02. The molecule has 1 heterocycles. The number of aromatic nitrogens is 1. The number of nitrogens with zero attached hydrogens (tertiary/aromatic N) is 2. The van der Waals surface area contributed by atoms with Gasteiger partial charge in [-0.15, -0.1) is 0 Å². The Kier molecular flexibility index (Phi) is 4.25. The van der Waals surface area contributed by atoms with E-state index in [-0.39, 0.29) is 6.61 Å². The maximum Gasteiger partial charge on any atom is 0.133 e. The van der Waals surface area contributed by atoms with E-state index in [2.05, 4.69) is 20.9 Å². The van der Waals surface area contributed by atoms with Crippen LogP contribution in [0.4, 0.5) is 5.82 Å². The second kappa shape index (κ2) is 5.55. The average molecular weight is 315 g/mol. The highest BCUT2D eigenvalue weighted by molar-refractivity contribution is 9.10. The molecule has 1 saturated carbocycles. The van der Waals surface area contributed by atoms with Gasteiger partial charge in [-0.2, -0.15) is 0 Å². The van der Waals surface area contributed by atoms with Crippen molar-refractivity contribution in [1.82, 2.24) is 4.98 Å². The van der Waals surface area contributed by atoms with Gasteiger partial charge in [-0.05, 0) is 34.8 Å². The van der Waals surface area contributed by atoms with Gasteiger partial charge in [0.25, 0.3) is 0 Å². The Morgan fingerprint density at radius 1 is 1.44 bits per heavy atom. The number of aliphatic hydroxyl groups is 2. The van der Waals surface area contributed by atoms with E-state index in [1.807, 2.05) is 18.0 Å². The molecule has 1 aliphatic rings. The van der Waals surface area contributed by atoms with Gasteiger partial charge in [0.05, 0.1) is 12.2 Å². The topological polar surface area (TPSA) is 56.6 Å². The Balaban J connectivity index is 2.15. The zero-order valence-corrected chi connectivity index (χ0v) is 12.2. The van der Waals surface area contributed by atoms with Crippen LogP contribution in [0.5, 0.6) is 0 Å². The van der Waals surface area contributed by atoms with Crippen LogP contribution in [0, 0.1) is 0 Å². The molecular weight excluding hydrogens is 296 g/mol. The van der Waals surface area contributed by atoms with Crippen molar-refractivity contribution in [3.63, 3.8) is 0 Å². The van der Waals surface area contributed by atoms with Crippen LogP contribution in [0.2, 0.25) is 0 Å². The average Bonchev–Trinajstić information content (AvgIpc) is 2.75. The smallest absolute Gasteiger partial charge is 0.133 e. The second-order valence-corrected chi connectivity index (χ2v) is 6.00. The predicted octanol–water partition coefficient (Wildman–Crippen LogP) is 2.08. The normalized spacial score (nSPS) is 18.0. The third-order valence-corrected chi connectivity index (χ3v) is 3.94. The van der Waals surface area contributed by atoms with E-state index in [1.165, 1.54) is 0 Å². The number of aliphatic hydroxyl groups excluding tert-OH is 1. The van der Waals surface area contributed by atoms with Gasteiger partial charge in [0.1, 0.15) is 5.82 Å². The summed E-state index contributed by atoms with van der Waals surface area (Å²) in [6, 6.07) is 1.86. The first-order valence-electron chi connectivity index (χ1n) is 6.23. The number of likely N-dealkylation sites (N-methyl/N-ethyl adjacent to an activating group) is 1. The zero-order valence-electron chi connectivity index (χ0n) is 10.6. The highest BCUT2D eigenvalue weighted by atomic mass is 79.9. The lowest BCUT2D eigenvalue weighted by Gasteiger charge is -2.30. The van der Waals surface area contributed by atoms with Crippen LogP contribution in [0.1, 0.15) is 31.2 Å². The fraction of sp³-hybridized carbons (Fsp3) is 0.615. The molecular formula is C13H19BrN2O2. The second-order valence-electron chi connectivity index (χ2n) is 5.08. The minimum absolute atomic E-state index is 0.0510. The summed E-state index contributed by atoms with van der Waals surface area (Å²) in [5, 5.41) is 19.8. The van der Waals surface area contributed by atoms with E-state index in [9.17, 15) is 10.2 Å². The van der Waals surface area contributed by atoms with Crippen molar-refractivity contribution in [3.05, 3.63) is 22.3 Å². The first-order valence-corrected chi connectivity index (χ1v) is 7.02. The van der Waals surface area contributed by atoms with Gasteiger partial charge in [0.15, 0.2) is 0 Å². The van der Waals surface area contributed by atoms with Gasteiger partial charge >= 0.3 is 0 Å². The van der Waals surface area contributed by atoms with Crippen molar-refractivity contribution in [2.75, 3.05) is 18.5 Å². The maximum atomic E-state index is 10.4. The number of hydrogen-bond donors (Lipinski definition) is 2. The summed E-state index contributed by atoms with van der Waals surface area (Å²) >= 11 is 3.34. The fourth-order valence-electron chi connectivity index (χ4n) is 2.64. The highest BCUT2D eigenvalue weighted by Gasteiger charge is 2.32. The monoisotopic (exact) mass is 314 g/mol. The van der Waals surface area contributed by atoms with Gasteiger partial charge in [0, 0.05) is 29.8 Å². The van der Waals surface area contributed by atoms with Crippen molar-refractivity contribution >= 4 is 21.7 Å². The molecule has 1 aliphatic carbocycles. The van der Waals surface area contributed by atoms with Gasteiger partial charge < -0.3 is 15.1 Å². The molecule has 1 aromatic rings. The molecule has 0 radical (unpaired) electrons. The summed E-state index contributed by atoms with van der Waals surface area (Å²) < 4.78 is 0.850. The van der Waals surface area contributed by atoms with Crippen LogP contribution >= 0.6 is 15.9 Å². The van der Waals surface area contributed by atoms with Crippen LogP contribution in [0.15, 0.2) is 16.7 Å². The first-order chi connectivity index (χ1) is 8.54. The van der Waals surface area contributed by atoms with Crippen LogP contribution < -0.4 is 4.90 Å². The van der Waals surface area contributed by atoms with Crippen molar-refractivity contribution in [3.8, 4) is 0 Å². The molecule has 2 rings (SSSR count). The van der Waals surface area contributed by atoms with Crippen LogP contribution in [-0.4, -0.2) is 34.4 Å². The van der Waals surface area contributed by atoms with Crippen molar-refractivity contribution in [2.24, 2.45) is 0 Å². The Hall–Kier alpha value is -0.650. The molecule has 100 valence electrons. The van der Waals surface area contributed by atoms with Crippen LogP contribution in [0.25, 0.3) is 0 Å². The lowest BCUT2D eigenvalue weighted by atomic mass is 10.0.